The first kappa shape index (κ1) is 13.5. The van der Waals surface area contributed by atoms with Gasteiger partial charge in [-0.15, -0.1) is 0 Å². The van der Waals surface area contributed by atoms with E-state index in [4.69, 9.17) is 18.9 Å². The van der Waals surface area contributed by atoms with E-state index in [1.54, 1.807) is 20.8 Å². The minimum Gasteiger partial charge on any atom is -0.417 e. The molecule has 7 nitrogen and oxygen atoms in total. The molecule has 0 aromatic carbocycles. The lowest BCUT2D eigenvalue weighted by atomic mass is 10.1. The third-order valence-electron chi connectivity index (χ3n) is 2.81. The van der Waals surface area contributed by atoms with Crippen molar-refractivity contribution in [2.24, 2.45) is 0 Å². The van der Waals surface area contributed by atoms with E-state index in [-0.39, 0.29) is 12.7 Å². The monoisotopic (exact) mass is 261 g/mol. The first-order chi connectivity index (χ1) is 8.43. The molecule has 0 aromatic heterocycles. The number of fused-ring (bicyclic) bond motifs is 1. The number of hydrogen-bond donors (Lipinski definition) is 2. The van der Waals surface area contributed by atoms with Crippen LogP contribution in [-0.4, -0.2) is 54.7 Å². The predicted molar refractivity (Wildman–Crippen MR) is 59.7 cm³/mol. The molecule has 7 heteroatoms. The van der Waals surface area contributed by atoms with E-state index in [0.29, 0.717) is 6.54 Å². The fraction of sp³-hybridized carbons (Fsp3) is 0.909. The van der Waals surface area contributed by atoms with Crippen molar-refractivity contribution in [2.75, 3.05) is 13.2 Å². The number of amides is 1. The van der Waals surface area contributed by atoms with Crippen molar-refractivity contribution in [3.05, 3.63) is 0 Å². The number of rotatable bonds is 2. The van der Waals surface area contributed by atoms with E-state index in [0.717, 1.165) is 0 Å². The Hall–Kier alpha value is -0.890. The van der Waals surface area contributed by atoms with Gasteiger partial charge in [0.05, 0.1) is 6.61 Å². The highest BCUT2D eigenvalue weighted by Crippen LogP contribution is 2.34. The number of nitrogens with one attached hydrogen (secondary N) is 1. The summed E-state index contributed by atoms with van der Waals surface area (Å²) < 4.78 is 21.4. The molecule has 0 bridgehead atoms. The third kappa shape index (κ3) is 2.74. The Kier molecular flexibility index (Phi) is 3.76. The summed E-state index contributed by atoms with van der Waals surface area (Å²) in [5.74, 6) is -0.764. The Balaban J connectivity index is 1.95. The third-order valence-corrected chi connectivity index (χ3v) is 2.81. The van der Waals surface area contributed by atoms with Crippen molar-refractivity contribution in [1.29, 1.82) is 0 Å². The van der Waals surface area contributed by atoms with E-state index in [1.165, 1.54) is 0 Å². The van der Waals surface area contributed by atoms with E-state index in [1.807, 2.05) is 0 Å². The molecule has 0 aliphatic carbocycles. The van der Waals surface area contributed by atoms with Gasteiger partial charge in [-0.2, -0.15) is 0 Å². The summed E-state index contributed by atoms with van der Waals surface area (Å²) in [6.45, 7) is 5.96. The second-order valence-electron chi connectivity index (χ2n) is 4.77. The van der Waals surface area contributed by atoms with Crippen molar-refractivity contribution in [1.82, 2.24) is 5.32 Å². The smallest absolute Gasteiger partial charge is 0.409 e. The number of alkyl carbamates (subject to hydrolysis) is 1. The average Bonchev–Trinajstić information content (AvgIpc) is 2.59. The topological polar surface area (TPSA) is 86.3 Å². The number of ether oxygens (including phenoxy) is 4. The fourth-order valence-corrected chi connectivity index (χ4v) is 2.12. The van der Waals surface area contributed by atoms with E-state index < -0.39 is 30.4 Å². The van der Waals surface area contributed by atoms with Gasteiger partial charge in [-0.05, 0) is 20.8 Å². The van der Waals surface area contributed by atoms with Crippen molar-refractivity contribution in [2.45, 2.75) is 51.2 Å². The summed E-state index contributed by atoms with van der Waals surface area (Å²) in [5.41, 5.74) is 0. The Morgan fingerprint density at radius 1 is 1.50 bits per heavy atom. The minimum atomic E-state index is -1.06. The molecule has 2 fully saturated rings. The maximum atomic E-state index is 11.3. The van der Waals surface area contributed by atoms with Gasteiger partial charge in [0.15, 0.2) is 5.79 Å². The molecule has 0 saturated carbocycles. The zero-order chi connectivity index (χ0) is 13.3. The Labute approximate surface area is 105 Å². The van der Waals surface area contributed by atoms with E-state index in [2.05, 4.69) is 5.32 Å². The Morgan fingerprint density at radius 2 is 2.22 bits per heavy atom. The Bertz CT molecular complexity index is 321. The molecule has 0 radical (unpaired) electrons. The second-order valence-corrected chi connectivity index (χ2v) is 4.77. The summed E-state index contributed by atoms with van der Waals surface area (Å²) in [6, 6.07) is 0. The maximum absolute atomic E-state index is 11.3. The second kappa shape index (κ2) is 5.00. The zero-order valence-corrected chi connectivity index (χ0v) is 10.7. The maximum Gasteiger partial charge on any atom is 0.409 e. The number of aliphatic hydroxyl groups is 1. The van der Waals surface area contributed by atoms with Gasteiger partial charge in [0.25, 0.3) is 0 Å². The highest BCUT2D eigenvalue weighted by molar-refractivity contribution is 5.67. The number of carbonyl (C=O) groups excluding carboxylic acids is 1. The average molecular weight is 261 g/mol. The van der Waals surface area contributed by atoms with Crippen LogP contribution in [0.2, 0.25) is 0 Å². The van der Waals surface area contributed by atoms with Gasteiger partial charge in [0.1, 0.15) is 18.3 Å². The summed E-state index contributed by atoms with van der Waals surface area (Å²) in [7, 11) is 0. The molecule has 0 aromatic rings. The molecule has 2 rings (SSSR count). The molecule has 1 amide bonds. The van der Waals surface area contributed by atoms with Gasteiger partial charge in [0, 0.05) is 6.54 Å². The van der Waals surface area contributed by atoms with Crippen LogP contribution in [0.15, 0.2) is 0 Å². The molecule has 2 aliphatic heterocycles. The lowest BCUT2D eigenvalue weighted by molar-refractivity contribution is -0.229. The first-order valence-corrected chi connectivity index (χ1v) is 6.03. The number of carbonyl (C=O) groups is 1. The van der Waals surface area contributed by atoms with Gasteiger partial charge in [0.2, 0.25) is 6.29 Å². The van der Waals surface area contributed by atoms with Gasteiger partial charge in [-0.1, -0.05) is 0 Å². The van der Waals surface area contributed by atoms with Crippen LogP contribution in [0, 0.1) is 0 Å². The number of aliphatic hydroxyl groups excluding tert-OH is 1. The van der Waals surface area contributed by atoms with Crippen LogP contribution in [0.5, 0.6) is 0 Å². The highest BCUT2D eigenvalue weighted by Gasteiger charge is 2.51. The normalized spacial score (nSPS) is 38.0. The van der Waals surface area contributed by atoms with Crippen LogP contribution in [0.4, 0.5) is 4.79 Å². The van der Waals surface area contributed by atoms with Crippen LogP contribution in [-0.2, 0) is 18.9 Å². The largest absolute Gasteiger partial charge is 0.417 e. The standard InChI is InChI=1S/C11H19NO6/c1-4-12-10(14)16-9-7(13)8-6(5-15-9)17-11(2,3)18-8/h6-9,13H,4-5H2,1-3H3,(H,12,14)/t6-,7?,8?,9?/m0/s1. The SMILES string of the molecule is CCNC(=O)OC1OC[C@@H]2OC(C)(C)OC2C1O. The summed E-state index contributed by atoms with van der Waals surface area (Å²) >= 11 is 0. The number of hydrogen-bond acceptors (Lipinski definition) is 6. The van der Waals surface area contributed by atoms with Gasteiger partial charge < -0.3 is 29.4 Å². The van der Waals surface area contributed by atoms with Crippen LogP contribution in [0.25, 0.3) is 0 Å². The quantitative estimate of drug-likeness (QED) is 0.726. The summed E-state index contributed by atoms with van der Waals surface area (Å²) in [5, 5.41) is 12.5. The summed E-state index contributed by atoms with van der Waals surface area (Å²) in [6.07, 6.45) is -3.61. The molecule has 2 aliphatic rings. The predicted octanol–water partition coefficient (Wildman–Crippen LogP) is -0.0302. The molecule has 2 N–H and O–H groups in total. The first-order valence-electron chi connectivity index (χ1n) is 6.03. The van der Waals surface area contributed by atoms with Gasteiger partial charge in [-0.3, -0.25) is 0 Å². The van der Waals surface area contributed by atoms with Crippen LogP contribution >= 0.6 is 0 Å². The van der Waals surface area contributed by atoms with Crippen LogP contribution in [0.1, 0.15) is 20.8 Å². The van der Waals surface area contributed by atoms with Crippen molar-refractivity contribution in [3.63, 3.8) is 0 Å². The molecule has 4 atom stereocenters. The van der Waals surface area contributed by atoms with Crippen LogP contribution in [0.3, 0.4) is 0 Å². The minimum absolute atomic E-state index is 0.217. The Morgan fingerprint density at radius 3 is 2.89 bits per heavy atom. The highest BCUT2D eigenvalue weighted by atomic mass is 16.8. The summed E-state index contributed by atoms with van der Waals surface area (Å²) in [4.78, 5) is 11.3. The molecular weight excluding hydrogens is 242 g/mol. The lowest BCUT2D eigenvalue weighted by Gasteiger charge is -2.33. The molecule has 3 unspecified atom stereocenters. The molecular formula is C11H19NO6. The van der Waals surface area contributed by atoms with Gasteiger partial charge in [-0.25, -0.2) is 4.79 Å². The van der Waals surface area contributed by atoms with E-state index >= 15 is 0 Å². The molecule has 104 valence electrons. The van der Waals surface area contributed by atoms with Crippen molar-refractivity contribution in [3.8, 4) is 0 Å². The van der Waals surface area contributed by atoms with E-state index in [9.17, 15) is 9.90 Å². The van der Waals surface area contributed by atoms with Crippen LogP contribution < -0.4 is 5.32 Å². The molecule has 2 heterocycles. The van der Waals surface area contributed by atoms with Crippen molar-refractivity contribution >= 4 is 6.09 Å². The van der Waals surface area contributed by atoms with Crippen molar-refractivity contribution < 1.29 is 28.8 Å². The lowest BCUT2D eigenvalue weighted by Crippen LogP contribution is -2.53. The molecule has 0 spiro atoms. The fourth-order valence-electron chi connectivity index (χ4n) is 2.12. The molecule has 18 heavy (non-hydrogen) atoms. The zero-order valence-electron chi connectivity index (χ0n) is 10.7. The molecule has 2 saturated heterocycles. The van der Waals surface area contributed by atoms with Gasteiger partial charge >= 0.3 is 6.09 Å².